The van der Waals surface area contributed by atoms with E-state index in [4.69, 9.17) is 9.47 Å². The van der Waals surface area contributed by atoms with Crippen LogP contribution in [-0.2, 0) is 19.4 Å². The zero-order chi connectivity index (χ0) is 20.8. The van der Waals surface area contributed by atoms with E-state index in [1.165, 1.54) is 22.4 Å². The van der Waals surface area contributed by atoms with Crippen molar-refractivity contribution in [1.82, 2.24) is 10.2 Å². The number of hydrogen-bond acceptors (Lipinski definition) is 4. The van der Waals surface area contributed by atoms with Gasteiger partial charge in [-0.2, -0.15) is 0 Å². The Bertz CT molecular complexity index is 853. The Morgan fingerprint density at radius 2 is 1.70 bits per heavy atom. The van der Waals surface area contributed by atoms with Crippen molar-refractivity contribution < 1.29 is 9.47 Å². The maximum atomic E-state index is 5.47. The van der Waals surface area contributed by atoms with Crippen LogP contribution < -0.4 is 19.7 Å². The Labute approximate surface area is 197 Å². The Balaban J connectivity index is 0.00000320. The van der Waals surface area contributed by atoms with Gasteiger partial charge in [0.05, 0.1) is 14.2 Å². The Morgan fingerprint density at radius 1 is 1.07 bits per heavy atom. The lowest BCUT2D eigenvalue weighted by Gasteiger charge is -2.32. The average molecular weight is 524 g/mol. The largest absolute Gasteiger partial charge is 0.493 e. The first-order valence-corrected chi connectivity index (χ1v) is 10.0. The minimum atomic E-state index is 0. The summed E-state index contributed by atoms with van der Waals surface area (Å²) in [6.07, 6.45) is 1.92. The van der Waals surface area contributed by atoms with Gasteiger partial charge < -0.3 is 24.6 Å². The predicted molar refractivity (Wildman–Crippen MR) is 135 cm³/mol. The van der Waals surface area contributed by atoms with Gasteiger partial charge >= 0.3 is 0 Å². The second-order valence-corrected chi connectivity index (χ2v) is 7.43. The number of halogens is 1. The van der Waals surface area contributed by atoms with Gasteiger partial charge in [-0.3, -0.25) is 4.99 Å². The Hall–Kier alpha value is -2.16. The molecule has 0 saturated carbocycles. The third kappa shape index (κ3) is 5.71. The van der Waals surface area contributed by atoms with Crippen LogP contribution in [0.15, 0.2) is 41.4 Å². The van der Waals surface area contributed by atoms with Gasteiger partial charge in [-0.15, -0.1) is 24.0 Å². The van der Waals surface area contributed by atoms with Crippen LogP contribution in [0.2, 0.25) is 0 Å². The quantitative estimate of drug-likeness (QED) is 0.356. The van der Waals surface area contributed by atoms with Crippen molar-refractivity contribution >= 4 is 35.6 Å². The van der Waals surface area contributed by atoms with Crippen LogP contribution in [0, 0.1) is 0 Å². The molecule has 0 atom stereocenters. The SMILES string of the molecule is CN=C(NCCc1ccc(N(C)C)cc1)N1CCc2cc(OC)c(OC)cc2C1.I. The van der Waals surface area contributed by atoms with E-state index >= 15 is 0 Å². The molecule has 1 aliphatic heterocycles. The molecule has 1 heterocycles. The highest BCUT2D eigenvalue weighted by Crippen LogP contribution is 2.33. The van der Waals surface area contributed by atoms with Gasteiger partial charge in [0, 0.05) is 46.5 Å². The van der Waals surface area contributed by atoms with Crippen molar-refractivity contribution in [3.63, 3.8) is 0 Å². The van der Waals surface area contributed by atoms with Gasteiger partial charge in [0.25, 0.3) is 0 Å². The summed E-state index contributed by atoms with van der Waals surface area (Å²) in [6.45, 7) is 2.59. The molecule has 1 aliphatic rings. The number of hydrogen-bond donors (Lipinski definition) is 1. The van der Waals surface area contributed by atoms with E-state index in [1.807, 2.05) is 7.05 Å². The number of nitrogens with zero attached hydrogens (tertiary/aromatic N) is 3. The standard InChI is InChI=1S/C23H32N4O2.HI/c1-24-23(25-12-10-17-6-8-20(9-7-17)26(2)3)27-13-11-18-14-21(28-4)22(29-5)15-19(18)16-27;/h6-9,14-15H,10-13,16H2,1-5H3,(H,24,25);1H. The fourth-order valence-corrected chi connectivity index (χ4v) is 3.68. The van der Waals surface area contributed by atoms with Crippen LogP contribution in [0.4, 0.5) is 5.69 Å². The van der Waals surface area contributed by atoms with Gasteiger partial charge in [-0.25, -0.2) is 0 Å². The molecule has 6 nitrogen and oxygen atoms in total. The number of methoxy groups -OCH3 is 2. The zero-order valence-corrected chi connectivity index (χ0v) is 20.9. The monoisotopic (exact) mass is 524 g/mol. The lowest BCUT2D eigenvalue weighted by atomic mass is 9.99. The third-order valence-corrected chi connectivity index (χ3v) is 5.38. The molecule has 0 bridgehead atoms. The minimum Gasteiger partial charge on any atom is -0.493 e. The summed E-state index contributed by atoms with van der Waals surface area (Å²) in [5.74, 6) is 2.51. The van der Waals surface area contributed by atoms with Crippen molar-refractivity contribution in [3.05, 3.63) is 53.1 Å². The van der Waals surface area contributed by atoms with Crippen molar-refractivity contribution in [3.8, 4) is 11.5 Å². The van der Waals surface area contributed by atoms with Crippen molar-refractivity contribution in [2.75, 3.05) is 53.4 Å². The first-order valence-electron chi connectivity index (χ1n) is 10.0. The maximum absolute atomic E-state index is 5.47. The molecule has 0 fully saturated rings. The minimum absolute atomic E-state index is 0. The van der Waals surface area contributed by atoms with Crippen molar-refractivity contribution in [2.24, 2.45) is 4.99 Å². The van der Waals surface area contributed by atoms with Gasteiger partial charge in [0.2, 0.25) is 0 Å². The van der Waals surface area contributed by atoms with E-state index < -0.39 is 0 Å². The molecule has 30 heavy (non-hydrogen) atoms. The molecule has 0 aliphatic carbocycles. The number of aliphatic imine (C=N–C) groups is 1. The second-order valence-electron chi connectivity index (χ2n) is 7.43. The van der Waals surface area contributed by atoms with E-state index in [2.05, 4.69) is 70.6 Å². The average Bonchev–Trinajstić information content (AvgIpc) is 2.75. The first kappa shape index (κ1) is 24.1. The molecule has 7 heteroatoms. The molecule has 0 unspecified atom stereocenters. The zero-order valence-electron chi connectivity index (χ0n) is 18.6. The predicted octanol–water partition coefficient (Wildman–Crippen LogP) is 3.56. The molecule has 0 radical (unpaired) electrons. The summed E-state index contributed by atoms with van der Waals surface area (Å²) in [4.78, 5) is 8.91. The molecule has 0 amide bonds. The van der Waals surface area contributed by atoms with Crippen molar-refractivity contribution in [1.29, 1.82) is 0 Å². The molecular formula is C23H33IN4O2. The fourth-order valence-electron chi connectivity index (χ4n) is 3.68. The van der Waals surface area contributed by atoms with Gasteiger partial charge in [-0.05, 0) is 53.8 Å². The second kappa shape index (κ2) is 11.3. The van der Waals surface area contributed by atoms with Crippen LogP contribution in [0.1, 0.15) is 16.7 Å². The highest BCUT2D eigenvalue weighted by atomic mass is 127. The number of ether oxygens (including phenoxy) is 2. The third-order valence-electron chi connectivity index (χ3n) is 5.38. The summed E-state index contributed by atoms with van der Waals surface area (Å²) < 4.78 is 10.9. The summed E-state index contributed by atoms with van der Waals surface area (Å²) in [5.41, 5.74) is 5.11. The topological polar surface area (TPSA) is 49.3 Å². The molecular weight excluding hydrogens is 491 g/mol. The number of benzene rings is 2. The van der Waals surface area contributed by atoms with Crippen LogP contribution in [-0.4, -0.2) is 59.3 Å². The highest BCUT2D eigenvalue weighted by Gasteiger charge is 2.21. The maximum Gasteiger partial charge on any atom is 0.193 e. The van der Waals surface area contributed by atoms with E-state index in [0.717, 1.165) is 49.9 Å². The molecule has 2 aromatic rings. The molecule has 3 rings (SSSR count). The highest BCUT2D eigenvalue weighted by molar-refractivity contribution is 14.0. The first-order chi connectivity index (χ1) is 14.0. The van der Waals surface area contributed by atoms with Crippen LogP contribution in [0.25, 0.3) is 0 Å². The van der Waals surface area contributed by atoms with E-state index in [-0.39, 0.29) is 24.0 Å². The van der Waals surface area contributed by atoms with E-state index in [9.17, 15) is 0 Å². The summed E-state index contributed by atoms with van der Waals surface area (Å²) in [7, 11) is 9.32. The molecule has 164 valence electrons. The van der Waals surface area contributed by atoms with E-state index in [1.54, 1.807) is 14.2 Å². The summed E-state index contributed by atoms with van der Waals surface area (Å²) in [5, 5.41) is 3.52. The number of nitrogens with one attached hydrogen (secondary N) is 1. The summed E-state index contributed by atoms with van der Waals surface area (Å²) >= 11 is 0. The number of fused-ring (bicyclic) bond motifs is 1. The fraction of sp³-hybridized carbons (Fsp3) is 0.435. The van der Waals surface area contributed by atoms with Gasteiger partial charge in [0.15, 0.2) is 17.5 Å². The number of guanidine groups is 1. The number of rotatable bonds is 6. The lowest BCUT2D eigenvalue weighted by molar-refractivity contribution is 0.346. The van der Waals surface area contributed by atoms with Crippen LogP contribution >= 0.6 is 24.0 Å². The molecule has 2 aromatic carbocycles. The molecule has 0 saturated heterocycles. The smallest absolute Gasteiger partial charge is 0.193 e. The molecule has 1 N–H and O–H groups in total. The Morgan fingerprint density at radius 3 is 2.27 bits per heavy atom. The van der Waals surface area contributed by atoms with Crippen LogP contribution in [0.3, 0.4) is 0 Å². The van der Waals surface area contributed by atoms with Crippen LogP contribution in [0.5, 0.6) is 11.5 Å². The molecule has 0 spiro atoms. The van der Waals surface area contributed by atoms with Crippen molar-refractivity contribution in [2.45, 2.75) is 19.4 Å². The van der Waals surface area contributed by atoms with Gasteiger partial charge in [-0.1, -0.05) is 12.1 Å². The number of anilines is 1. The molecule has 0 aromatic heterocycles. The Kier molecular flexibility index (Phi) is 9.08. The summed E-state index contributed by atoms with van der Waals surface area (Å²) in [6, 6.07) is 12.9. The lowest BCUT2D eigenvalue weighted by Crippen LogP contribution is -2.44. The van der Waals surface area contributed by atoms with E-state index in [0.29, 0.717) is 0 Å². The normalized spacial score (nSPS) is 13.2. The van der Waals surface area contributed by atoms with Gasteiger partial charge in [0.1, 0.15) is 0 Å².